The lowest BCUT2D eigenvalue weighted by Crippen LogP contribution is -2.21. The Hall–Kier alpha value is -2.22. The van der Waals surface area contributed by atoms with Gasteiger partial charge in [0, 0.05) is 19.2 Å². The number of aliphatic hydroxyl groups excluding tert-OH is 1. The van der Waals surface area contributed by atoms with Crippen molar-refractivity contribution >= 4 is 5.95 Å². The van der Waals surface area contributed by atoms with Crippen molar-refractivity contribution in [3.63, 3.8) is 0 Å². The van der Waals surface area contributed by atoms with Crippen molar-refractivity contribution in [3.8, 4) is 17.5 Å². The van der Waals surface area contributed by atoms with E-state index in [1.54, 1.807) is 6.07 Å². The Morgan fingerprint density at radius 2 is 2.10 bits per heavy atom. The summed E-state index contributed by atoms with van der Waals surface area (Å²) in [5.41, 5.74) is 0.454. The van der Waals surface area contributed by atoms with Crippen LogP contribution in [0.2, 0.25) is 0 Å². The molecule has 106 valence electrons. The number of ether oxygens (including phenoxy) is 1. The summed E-state index contributed by atoms with van der Waals surface area (Å²) in [5.74, 6) is 1.32. The van der Waals surface area contributed by atoms with Crippen molar-refractivity contribution in [1.82, 2.24) is 20.1 Å². The van der Waals surface area contributed by atoms with E-state index in [1.165, 1.54) is 7.11 Å². The number of methoxy groups -OCH3 is 1. The molecule has 0 aliphatic carbocycles. The molecule has 0 radical (unpaired) electrons. The molecule has 20 heavy (non-hydrogen) atoms. The molecule has 2 aromatic heterocycles. The Morgan fingerprint density at radius 1 is 1.30 bits per heavy atom. The molecular weight excluding hydrogens is 262 g/mol. The number of aliphatic hydroxyl groups is 1. The largest absolute Gasteiger partial charge is 0.467 e. The lowest BCUT2D eigenvalue weighted by atomic mass is 10.3. The molecular formula is C12H15N5O3. The van der Waals surface area contributed by atoms with Crippen LogP contribution in [0.15, 0.2) is 10.6 Å². The average molecular weight is 277 g/mol. The number of nitrogens with zero attached hydrogens (tertiary/aromatic N) is 5. The molecule has 0 bridgehead atoms. The standard InChI is InChI=1S/C12H15N5O3/c1-19-12-14-10(9-6-8(7-18)20-16-9)13-11(15-12)17-4-2-3-5-17/h6,18H,2-5,7H2,1H3. The van der Waals surface area contributed by atoms with Gasteiger partial charge in [-0.25, -0.2) is 0 Å². The van der Waals surface area contributed by atoms with E-state index in [1.807, 2.05) is 0 Å². The van der Waals surface area contributed by atoms with Crippen molar-refractivity contribution in [2.45, 2.75) is 19.4 Å². The zero-order chi connectivity index (χ0) is 13.9. The number of anilines is 1. The van der Waals surface area contributed by atoms with E-state index in [0.717, 1.165) is 25.9 Å². The molecule has 0 saturated carbocycles. The smallest absolute Gasteiger partial charge is 0.321 e. The molecule has 3 heterocycles. The van der Waals surface area contributed by atoms with Gasteiger partial charge in [0.2, 0.25) is 5.95 Å². The van der Waals surface area contributed by atoms with E-state index in [9.17, 15) is 0 Å². The molecule has 2 aromatic rings. The fourth-order valence-electron chi connectivity index (χ4n) is 2.10. The molecule has 1 fully saturated rings. The van der Waals surface area contributed by atoms with Gasteiger partial charge in [-0.2, -0.15) is 15.0 Å². The van der Waals surface area contributed by atoms with Crippen LogP contribution in [0.1, 0.15) is 18.6 Å². The van der Waals surface area contributed by atoms with Crippen LogP contribution in [-0.4, -0.2) is 45.4 Å². The quantitative estimate of drug-likeness (QED) is 0.869. The Morgan fingerprint density at radius 3 is 2.75 bits per heavy atom. The summed E-state index contributed by atoms with van der Waals surface area (Å²) in [6.45, 7) is 1.63. The van der Waals surface area contributed by atoms with E-state index in [4.69, 9.17) is 14.4 Å². The summed E-state index contributed by atoms with van der Waals surface area (Å²) in [5, 5.41) is 12.8. The highest BCUT2D eigenvalue weighted by Crippen LogP contribution is 2.22. The van der Waals surface area contributed by atoms with Gasteiger partial charge in [-0.15, -0.1) is 0 Å². The van der Waals surface area contributed by atoms with Gasteiger partial charge in [-0.05, 0) is 12.8 Å². The van der Waals surface area contributed by atoms with E-state index in [-0.39, 0.29) is 12.6 Å². The molecule has 0 unspecified atom stereocenters. The molecule has 1 aliphatic rings. The van der Waals surface area contributed by atoms with Gasteiger partial charge in [-0.1, -0.05) is 5.16 Å². The maximum atomic E-state index is 9.01. The molecule has 8 heteroatoms. The summed E-state index contributed by atoms with van der Waals surface area (Å²) in [6, 6.07) is 1.84. The predicted octanol–water partition coefficient (Wildman–Crippen LogP) is 0.628. The van der Waals surface area contributed by atoms with Crippen molar-refractivity contribution in [1.29, 1.82) is 0 Å². The van der Waals surface area contributed by atoms with Gasteiger partial charge < -0.3 is 19.3 Å². The highest BCUT2D eigenvalue weighted by Gasteiger charge is 2.19. The minimum Gasteiger partial charge on any atom is -0.467 e. The summed E-state index contributed by atoms with van der Waals surface area (Å²) >= 11 is 0. The minimum absolute atomic E-state index is 0.214. The second kappa shape index (κ2) is 5.41. The first kappa shape index (κ1) is 12.8. The third-order valence-corrected chi connectivity index (χ3v) is 3.12. The zero-order valence-electron chi connectivity index (χ0n) is 11.1. The Bertz CT molecular complexity index is 595. The molecule has 3 rings (SSSR count). The van der Waals surface area contributed by atoms with Crippen LogP contribution < -0.4 is 9.64 Å². The lowest BCUT2D eigenvalue weighted by Gasteiger charge is -2.15. The average Bonchev–Trinajstić information content (AvgIpc) is 3.17. The number of hydrogen-bond acceptors (Lipinski definition) is 8. The number of hydrogen-bond donors (Lipinski definition) is 1. The monoisotopic (exact) mass is 277 g/mol. The van der Waals surface area contributed by atoms with Gasteiger partial charge in [0.25, 0.3) is 0 Å². The SMILES string of the molecule is COc1nc(-c2cc(CO)on2)nc(N2CCCC2)n1. The lowest BCUT2D eigenvalue weighted by molar-refractivity contribution is 0.229. The van der Waals surface area contributed by atoms with E-state index >= 15 is 0 Å². The van der Waals surface area contributed by atoms with Crippen molar-refractivity contribution in [2.24, 2.45) is 0 Å². The van der Waals surface area contributed by atoms with E-state index < -0.39 is 0 Å². The third kappa shape index (κ3) is 2.42. The number of aromatic nitrogens is 4. The molecule has 0 atom stereocenters. The van der Waals surface area contributed by atoms with Gasteiger partial charge in [-0.3, -0.25) is 0 Å². The first-order valence-corrected chi connectivity index (χ1v) is 6.42. The highest BCUT2D eigenvalue weighted by molar-refractivity contribution is 5.51. The van der Waals surface area contributed by atoms with Crippen LogP contribution in [0.3, 0.4) is 0 Å². The second-order valence-electron chi connectivity index (χ2n) is 4.48. The molecule has 0 amide bonds. The van der Waals surface area contributed by atoms with Crippen molar-refractivity contribution in [3.05, 3.63) is 11.8 Å². The van der Waals surface area contributed by atoms with Crippen LogP contribution in [0, 0.1) is 0 Å². The van der Waals surface area contributed by atoms with E-state index in [2.05, 4.69) is 25.0 Å². The first-order valence-electron chi connectivity index (χ1n) is 6.42. The van der Waals surface area contributed by atoms with Crippen LogP contribution in [0.25, 0.3) is 11.5 Å². The fourth-order valence-corrected chi connectivity index (χ4v) is 2.10. The molecule has 0 spiro atoms. The summed E-state index contributed by atoms with van der Waals surface area (Å²) in [7, 11) is 1.51. The summed E-state index contributed by atoms with van der Waals surface area (Å²) in [6.07, 6.45) is 2.25. The summed E-state index contributed by atoms with van der Waals surface area (Å²) in [4.78, 5) is 14.9. The Labute approximate surface area is 115 Å². The Kier molecular flexibility index (Phi) is 3.46. The molecule has 1 N–H and O–H groups in total. The Balaban J connectivity index is 1.98. The molecule has 1 aliphatic heterocycles. The summed E-state index contributed by atoms with van der Waals surface area (Å²) < 4.78 is 10.1. The normalized spacial score (nSPS) is 14.8. The number of rotatable bonds is 4. The van der Waals surface area contributed by atoms with Crippen LogP contribution >= 0.6 is 0 Å². The van der Waals surface area contributed by atoms with Gasteiger partial charge in [0.15, 0.2) is 17.3 Å². The van der Waals surface area contributed by atoms with Crippen LogP contribution in [-0.2, 0) is 6.61 Å². The fraction of sp³-hybridized carbons (Fsp3) is 0.500. The predicted molar refractivity (Wildman–Crippen MR) is 69.2 cm³/mol. The van der Waals surface area contributed by atoms with E-state index in [0.29, 0.717) is 23.2 Å². The highest BCUT2D eigenvalue weighted by atomic mass is 16.5. The van der Waals surface area contributed by atoms with Gasteiger partial charge in [0.1, 0.15) is 6.61 Å². The maximum Gasteiger partial charge on any atom is 0.321 e. The van der Waals surface area contributed by atoms with Crippen molar-refractivity contribution < 1.29 is 14.4 Å². The molecule has 8 nitrogen and oxygen atoms in total. The third-order valence-electron chi connectivity index (χ3n) is 3.12. The molecule has 1 saturated heterocycles. The topological polar surface area (TPSA) is 97.4 Å². The minimum atomic E-state index is -0.214. The van der Waals surface area contributed by atoms with Crippen molar-refractivity contribution in [2.75, 3.05) is 25.1 Å². The second-order valence-corrected chi connectivity index (χ2v) is 4.48. The van der Waals surface area contributed by atoms with Crippen LogP contribution in [0.5, 0.6) is 6.01 Å². The van der Waals surface area contributed by atoms with Gasteiger partial charge in [0.05, 0.1) is 7.11 Å². The molecule has 0 aromatic carbocycles. The first-order chi connectivity index (χ1) is 9.80. The van der Waals surface area contributed by atoms with Crippen LogP contribution in [0.4, 0.5) is 5.95 Å². The zero-order valence-corrected chi connectivity index (χ0v) is 11.1. The van der Waals surface area contributed by atoms with Gasteiger partial charge >= 0.3 is 6.01 Å². The maximum absolute atomic E-state index is 9.01.